The minimum Gasteiger partial charge on any atom is -0.345 e. The van der Waals surface area contributed by atoms with Crippen LogP contribution in [0.2, 0.25) is 0 Å². The molecule has 3 heterocycles. The smallest absolute Gasteiger partial charge is 0.256 e. The van der Waals surface area contributed by atoms with Gasteiger partial charge in [0.15, 0.2) is 5.16 Å². The highest BCUT2D eigenvalue weighted by Gasteiger charge is 2.20. The Morgan fingerprint density at radius 3 is 2.59 bits per heavy atom. The molecular formula is C18H25N7OS. The number of anilines is 1. The topological polar surface area (TPSA) is 78.4 Å². The van der Waals surface area contributed by atoms with Crippen molar-refractivity contribution >= 4 is 23.6 Å². The molecule has 0 aliphatic carbocycles. The Hall–Kier alpha value is -2.26. The van der Waals surface area contributed by atoms with Gasteiger partial charge in [-0.1, -0.05) is 6.92 Å². The fourth-order valence-corrected chi connectivity index (χ4v) is 3.53. The number of carbonyl (C=O) groups is 1. The second kappa shape index (κ2) is 8.62. The van der Waals surface area contributed by atoms with Crippen LogP contribution in [0.3, 0.4) is 0 Å². The average Bonchev–Trinajstić information content (AvgIpc) is 2.68. The average molecular weight is 388 g/mol. The number of carbonyl (C=O) groups excluding carboxylic acids is 1. The molecule has 1 fully saturated rings. The normalized spacial score (nSPS) is 15.0. The molecule has 1 aliphatic rings. The zero-order chi connectivity index (χ0) is 19.4. The van der Waals surface area contributed by atoms with Crippen molar-refractivity contribution < 1.29 is 4.79 Å². The van der Waals surface area contributed by atoms with E-state index in [0.717, 1.165) is 38.4 Å². The predicted molar refractivity (Wildman–Crippen MR) is 105 cm³/mol. The fraction of sp³-hybridized carbons (Fsp3) is 0.500. The van der Waals surface area contributed by atoms with Crippen LogP contribution in [-0.4, -0.2) is 83.0 Å². The van der Waals surface area contributed by atoms with Crippen molar-refractivity contribution in [2.75, 3.05) is 52.2 Å². The molecule has 1 saturated heterocycles. The third-order valence-corrected chi connectivity index (χ3v) is 5.23. The standard InChI is InChI=1S/C18H25N7OS/c1-5-14-20-17(25-11-9-24(4)10-12-25)22-18(21-14)27-15-13(7-6-8-19-15)16(26)23(2)3/h6-8H,5,9-12H2,1-4H3. The molecule has 1 amide bonds. The third-order valence-electron chi connectivity index (χ3n) is 4.35. The lowest BCUT2D eigenvalue weighted by Gasteiger charge is -2.32. The summed E-state index contributed by atoms with van der Waals surface area (Å²) >= 11 is 1.31. The molecule has 2 aromatic rings. The van der Waals surface area contributed by atoms with Crippen molar-refractivity contribution in [3.8, 4) is 0 Å². The quantitative estimate of drug-likeness (QED) is 0.763. The highest BCUT2D eigenvalue weighted by Crippen LogP contribution is 2.28. The molecule has 0 atom stereocenters. The van der Waals surface area contributed by atoms with Crippen LogP contribution in [0.5, 0.6) is 0 Å². The number of pyridine rings is 1. The fourth-order valence-electron chi connectivity index (χ4n) is 2.70. The van der Waals surface area contributed by atoms with E-state index in [9.17, 15) is 4.79 Å². The number of hydrogen-bond acceptors (Lipinski definition) is 8. The van der Waals surface area contributed by atoms with E-state index >= 15 is 0 Å². The van der Waals surface area contributed by atoms with Crippen LogP contribution in [0.4, 0.5) is 5.95 Å². The van der Waals surface area contributed by atoms with Gasteiger partial charge in [-0.3, -0.25) is 4.79 Å². The maximum atomic E-state index is 12.4. The maximum Gasteiger partial charge on any atom is 0.256 e. The van der Waals surface area contributed by atoms with Gasteiger partial charge < -0.3 is 14.7 Å². The number of rotatable bonds is 5. The molecule has 0 spiro atoms. The van der Waals surface area contributed by atoms with E-state index in [1.54, 1.807) is 37.3 Å². The zero-order valence-corrected chi connectivity index (χ0v) is 17.0. The molecule has 0 unspecified atom stereocenters. The van der Waals surface area contributed by atoms with Gasteiger partial charge in [-0.2, -0.15) is 9.97 Å². The van der Waals surface area contributed by atoms with Crippen molar-refractivity contribution in [1.82, 2.24) is 29.7 Å². The van der Waals surface area contributed by atoms with Crippen LogP contribution < -0.4 is 4.90 Å². The van der Waals surface area contributed by atoms with Gasteiger partial charge in [0, 0.05) is 52.9 Å². The first kappa shape index (κ1) is 19.5. The third kappa shape index (κ3) is 4.72. The highest BCUT2D eigenvalue weighted by atomic mass is 32.2. The zero-order valence-electron chi connectivity index (χ0n) is 16.2. The van der Waals surface area contributed by atoms with E-state index in [4.69, 9.17) is 0 Å². The number of likely N-dealkylation sites (N-methyl/N-ethyl adjacent to an activating group) is 1. The number of aryl methyl sites for hydroxylation is 1. The molecule has 2 aromatic heterocycles. The van der Waals surface area contributed by atoms with Crippen LogP contribution in [0.25, 0.3) is 0 Å². The predicted octanol–water partition coefficient (Wildman–Crippen LogP) is 1.43. The molecule has 0 aromatic carbocycles. The lowest BCUT2D eigenvalue weighted by Crippen LogP contribution is -2.45. The van der Waals surface area contributed by atoms with E-state index in [-0.39, 0.29) is 5.91 Å². The van der Waals surface area contributed by atoms with E-state index in [0.29, 0.717) is 21.7 Å². The first-order chi connectivity index (χ1) is 13.0. The summed E-state index contributed by atoms with van der Waals surface area (Å²) < 4.78 is 0. The Labute approximate surface area is 164 Å². The van der Waals surface area contributed by atoms with Gasteiger partial charge in [-0.25, -0.2) is 9.97 Å². The first-order valence-corrected chi connectivity index (χ1v) is 9.82. The number of nitrogens with zero attached hydrogens (tertiary/aromatic N) is 7. The largest absolute Gasteiger partial charge is 0.345 e. The highest BCUT2D eigenvalue weighted by molar-refractivity contribution is 7.99. The molecule has 27 heavy (non-hydrogen) atoms. The monoisotopic (exact) mass is 387 g/mol. The Balaban J connectivity index is 1.89. The second-order valence-corrected chi connectivity index (χ2v) is 7.59. The molecule has 0 saturated carbocycles. The minimum absolute atomic E-state index is 0.0883. The molecule has 0 bridgehead atoms. The van der Waals surface area contributed by atoms with Gasteiger partial charge in [0.25, 0.3) is 5.91 Å². The van der Waals surface area contributed by atoms with Gasteiger partial charge in [0.05, 0.1) is 5.56 Å². The number of amides is 1. The molecular weight excluding hydrogens is 362 g/mol. The summed E-state index contributed by atoms with van der Waals surface area (Å²) in [5.41, 5.74) is 0.548. The lowest BCUT2D eigenvalue weighted by atomic mass is 10.2. The summed E-state index contributed by atoms with van der Waals surface area (Å²) in [5.74, 6) is 1.36. The maximum absolute atomic E-state index is 12.4. The van der Waals surface area contributed by atoms with E-state index in [1.165, 1.54) is 11.8 Å². The van der Waals surface area contributed by atoms with Crippen LogP contribution in [-0.2, 0) is 6.42 Å². The number of hydrogen-bond donors (Lipinski definition) is 0. The first-order valence-electron chi connectivity index (χ1n) is 9.01. The Kier molecular flexibility index (Phi) is 6.22. The molecule has 1 aliphatic heterocycles. The van der Waals surface area contributed by atoms with Crippen LogP contribution >= 0.6 is 11.8 Å². The van der Waals surface area contributed by atoms with E-state index < -0.39 is 0 Å². The van der Waals surface area contributed by atoms with Crippen molar-refractivity contribution in [2.24, 2.45) is 0 Å². The van der Waals surface area contributed by atoms with Crippen molar-refractivity contribution in [2.45, 2.75) is 23.5 Å². The molecule has 3 rings (SSSR count). The summed E-state index contributed by atoms with van der Waals surface area (Å²) in [4.78, 5) is 36.6. The summed E-state index contributed by atoms with van der Waals surface area (Å²) in [5, 5.41) is 1.18. The SMILES string of the molecule is CCc1nc(Sc2ncccc2C(=O)N(C)C)nc(N2CCN(C)CC2)n1. The molecule has 0 radical (unpaired) electrons. The van der Waals surface area contributed by atoms with Gasteiger partial charge in [0.1, 0.15) is 10.9 Å². The van der Waals surface area contributed by atoms with Crippen molar-refractivity contribution in [3.05, 3.63) is 29.7 Å². The summed E-state index contributed by atoms with van der Waals surface area (Å²) in [7, 11) is 5.58. The van der Waals surface area contributed by atoms with Gasteiger partial charge in [0.2, 0.25) is 5.95 Å². The number of piperazine rings is 1. The summed E-state index contributed by atoms with van der Waals surface area (Å²) in [6.45, 7) is 5.78. The lowest BCUT2D eigenvalue weighted by molar-refractivity contribution is 0.0823. The van der Waals surface area contributed by atoms with Crippen molar-refractivity contribution in [3.63, 3.8) is 0 Å². The molecule has 8 nitrogen and oxygen atoms in total. The van der Waals surface area contributed by atoms with Gasteiger partial charge in [-0.15, -0.1) is 0 Å². The molecule has 9 heteroatoms. The van der Waals surface area contributed by atoms with Crippen LogP contribution in [0.1, 0.15) is 23.1 Å². The Morgan fingerprint density at radius 2 is 1.93 bits per heavy atom. The summed E-state index contributed by atoms with van der Waals surface area (Å²) in [6, 6.07) is 3.54. The molecule has 144 valence electrons. The van der Waals surface area contributed by atoms with Crippen LogP contribution in [0.15, 0.2) is 28.5 Å². The minimum atomic E-state index is -0.0883. The van der Waals surface area contributed by atoms with Gasteiger partial charge >= 0.3 is 0 Å². The van der Waals surface area contributed by atoms with E-state index in [2.05, 4.69) is 36.8 Å². The molecule has 0 N–H and O–H groups in total. The Bertz CT molecular complexity index is 806. The van der Waals surface area contributed by atoms with Gasteiger partial charge in [-0.05, 0) is 30.9 Å². The Morgan fingerprint density at radius 1 is 1.19 bits per heavy atom. The summed E-state index contributed by atoms with van der Waals surface area (Å²) in [6.07, 6.45) is 2.40. The van der Waals surface area contributed by atoms with Crippen molar-refractivity contribution in [1.29, 1.82) is 0 Å². The second-order valence-electron chi connectivity index (χ2n) is 6.64. The van der Waals surface area contributed by atoms with Crippen LogP contribution in [0, 0.1) is 0 Å². The number of aromatic nitrogens is 4. The van der Waals surface area contributed by atoms with E-state index in [1.807, 2.05) is 6.92 Å².